The Morgan fingerprint density at radius 1 is 1.07 bits per heavy atom. The molecule has 2 heterocycles. The highest BCUT2D eigenvalue weighted by Crippen LogP contribution is 2.13. The van der Waals surface area contributed by atoms with Gasteiger partial charge in [0.15, 0.2) is 0 Å². The van der Waals surface area contributed by atoms with Crippen LogP contribution in [0.25, 0.3) is 10.8 Å². The molecule has 3 aromatic rings. The number of carbonyl (C=O) groups is 1. The Kier molecular flexibility index (Phi) is 5.21. The summed E-state index contributed by atoms with van der Waals surface area (Å²) in [5.41, 5.74) is 0.855. The van der Waals surface area contributed by atoms with Crippen LogP contribution < -0.4 is 16.2 Å². The molecule has 0 aliphatic rings. The molecule has 2 amide bonds. The first-order valence-electron chi connectivity index (χ1n) is 8.78. The summed E-state index contributed by atoms with van der Waals surface area (Å²) in [7, 11) is 0. The van der Waals surface area contributed by atoms with Gasteiger partial charge in [0, 0.05) is 17.1 Å². The fourth-order valence-corrected chi connectivity index (χ4v) is 2.74. The van der Waals surface area contributed by atoms with Crippen molar-refractivity contribution in [1.29, 1.82) is 0 Å². The van der Waals surface area contributed by atoms with Crippen molar-refractivity contribution < 1.29 is 4.79 Å². The van der Waals surface area contributed by atoms with Crippen molar-refractivity contribution in [3.05, 3.63) is 70.4 Å². The topological polar surface area (TPSA) is 88.9 Å². The third-order valence-electron chi connectivity index (χ3n) is 3.89. The van der Waals surface area contributed by atoms with Gasteiger partial charge in [0.05, 0.1) is 29.9 Å². The third-order valence-corrected chi connectivity index (χ3v) is 3.89. The lowest BCUT2D eigenvalue weighted by molar-refractivity contribution is 0.231. The van der Waals surface area contributed by atoms with E-state index in [4.69, 9.17) is 0 Å². The molecule has 2 aromatic heterocycles. The number of aromatic nitrogens is 3. The molecule has 0 aliphatic heterocycles. The van der Waals surface area contributed by atoms with Crippen LogP contribution in [-0.4, -0.2) is 26.3 Å². The van der Waals surface area contributed by atoms with Crippen LogP contribution in [0.2, 0.25) is 0 Å². The fraction of sp³-hybridized carbons (Fsp3) is 0.300. The van der Waals surface area contributed by atoms with Crippen LogP contribution in [0.1, 0.15) is 32.2 Å². The Morgan fingerprint density at radius 2 is 1.78 bits per heavy atom. The number of benzene rings is 1. The number of hydrogen-bond acceptors (Lipinski definition) is 4. The molecular weight excluding hydrogens is 342 g/mol. The van der Waals surface area contributed by atoms with Crippen LogP contribution >= 0.6 is 0 Å². The Bertz CT molecular complexity index is 1010. The SMILES string of the molecule is CC(C)(C)NC(=O)NCc1nn(Cc2ccccn2)c(=O)c2ccccc12. The Hall–Kier alpha value is -3.22. The number of hydrogen-bond donors (Lipinski definition) is 2. The molecule has 1 aromatic carbocycles. The van der Waals surface area contributed by atoms with Gasteiger partial charge in [-0.15, -0.1) is 0 Å². The second-order valence-corrected chi connectivity index (χ2v) is 7.33. The van der Waals surface area contributed by atoms with E-state index in [1.54, 1.807) is 12.3 Å². The molecule has 0 radical (unpaired) electrons. The number of amides is 2. The first-order chi connectivity index (χ1) is 12.8. The standard InChI is InChI=1S/C20H23N5O2/c1-20(2,3)23-19(27)22-12-17-15-9-4-5-10-16(15)18(26)25(24-17)13-14-8-6-7-11-21-14/h4-11H,12-13H2,1-3H3,(H2,22,23,27). The van der Waals surface area contributed by atoms with E-state index in [-0.39, 0.29) is 30.2 Å². The van der Waals surface area contributed by atoms with Gasteiger partial charge in [0.1, 0.15) is 0 Å². The Labute approximate surface area is 157 Å². The second kappa shape index (κ2) is 7.57. The number of carbonyl (C=O) groups excluding carboxylic acids is 1. The quantitative estimate of drug-likeness (QED) is 0.743. The highest BCUT2D eigenvalue weighted by Gasteiger charge is 2.15. The summed E-state index contributed by atoms with van der Waals surface area (Å²) in [4.78, 5) is 29.1. The summed E-state index contributed by atoms with van der Waals surface area (Å²) in [5.74, 6) is 0. The van der Waals surface area contributed by atoms with E-state index < -0.39 is 0 Å². The lowest BCUT2D eigenvalue weighted by atomic mass is 10.1. The number of nitrogens with one attached hydrogen (secondary N) is 2. The molecule has 2 N–H and O–H groups in total. The highest BCUT2D eigenvalue weighted by molar-refractivity contribution is 5.84. The molecule has 0 unspecified atom stereocenters. The first kappa shape index (κ1) is 18.6. The van der Waals surface area contributed by atoms with Gasteiger partial charge in [-0.1, -0.05) is 24.3 Å². The molecule has 0 spiro atoms. The fourth-order valence-electron chi connectivity index (χ4n) is 2.74. The summed E-state index contributed by atoms with van der Waals surface area (Å²) < 4.78 is 1.39. The van der Waals surface area contributed by atoms with Crippen molar-refractivity contribution in [2.24, 2.45) is 0 Å². The number of fused-ring (bicyclic) bond motifs is 1. The first-order valence-corrected chi connectivity index (χ1v) is 8.78. The molecular formula is C20H23N5O2. The van der Waals surface area contributed by atoms with Crippen LogP contribution in [0.5, 0.6) is 0 Å². The van der Waals surface area contributed by atoms with Crippen LogP contribution in [-0.2, 0) is 13.1 Å². The van der Waals surface area contributed by atoms with E-state index in [0.717, 1.165) is 11.1 Å². The van der Waals surface area contributed by atoms with Gasteiger partial charge in [-0.25, -0.2) is 9.48 Å². The van der Waals surface area contributed by atoms with Gasteiger partial charge < -0.3 is 10.6 Å². The van der Waals surface area contributed by atoms with E-state index in [1.807, 2.05) is 57.2 Å². The maximum Gasteiger partial charge on any atom is 0.315 e. The van der Waals surface area contributed by atoms with Gasteiger partial charge in [-0.05, 0) is 39.0 Å². The highest BCUT2D eigenvalue weighted by atomic mass is 16.2. The Morgan fingerprint density at radius 3 is 2.44 bits per heavy atom. The molecule has 0 bridgehead atoms. The maximum atomic E-state index is 12.8. The van der Waals surface area contributed by atoms with Crippen LogP contribution in [0, 0.1) is 0 Å². The molecule has 7 nitrogen and oxygen atoms in total. The Balaban J connectivity index is 1.93. The number of rotatable bonds is 4. The summed E-state index contributed by atoms with van der Waals surface area (Å²) >= 11 is 0. The van der Waals surface area contributed by atoms with Crippen molar-refractivity contribution in [3.8, 4) is 0 Å². The predicted octanol–water partition coefficient (Wildman–Crippen LogP) is 2.44. The molecule has 0 atom stereocenters. The number of nitrogens with zero attached hydrogens (tertiary/aromatic N) is 3. The molecule has 0 aliphatic carbocycles. The van der Waals surface area contributed by atoms with Crippen LogP contribution in [0.3, 0.4) is 0 Å². The monoisotopic (exact) mass is 365 g/mol. The summed E-state index contributed by atoms with van der Waals surface area (Å²) in [6.07, 6.45) is 1.68. The third kappa shape index (κ3) is 4.69. The molecule has 0 saturated carbocycles. The van der Waals surface area contributed by atoms with E-state index in [1.165, 1.54) is 4.68 Å². The second-order valence-electron chi connectivity index (χ2n) is 7.33. The summed E-state index contributed by atoms with van der Waals surface area (Å²) in [6, 6.07) is 12.5. The van der Waals surface area contributed by atoms with Crippen molar-refractivity contribution in [1.82, 2.24) is 25.4 Å². The molecule has 140 valence electrons. The minimum Gasteiger partial charge on any atom is -0.334 e. The normalized spacial score (nSPS) is 11.4. The lowest BCUT2D eigenvalue weighted by Gasteiger charge is -2.21. The molecule has 3 rings (SSSR count). The van der Waals surface area contributed by atoms with Crippen molar-refractivity contribution in [2.45, 2.75) is 39.4 Å². The van der Waals surface area contributed by atoms with Crippen molar-refractivity contribution >= 4 is 16.8 Å². The van der Waals surface area contributed by atoms with Gasteiger partial charge in [0.2, 0.25) is 0 Å². The molecule has 7 heteroatoms. The summed E-state index contributed by atoms with van der Waals surface area (Å²) in [6.45, 7) is 6.21. The van der Waals surface area contributed by atoms with E-state index >= 15 is 0 Å². The van der Waals surface area contributed by atoms with E-state index in [2.05, 4.69) is 20.7 Å². The van der Waals surface area contributed by atoms with Gasteiger partial charge in [-0.2, -0.15) is 5.10 Å². The van der Waals surface area contributed by atoms with Gasteiger partial charge in [0.25, 0.3) is 5.56 Å². The number of pyridine rings is 1. The van der Waals surface area contributed by atoms with Crippen LogP contribution in [0.15, 0.2) is 53.5 Å². The largest absolute Gasteiger partial charge is 0.334 e. The minimum absolute atomic E-state index is 0.181. The maximum absolute atomic E-state index is 12.8. The number of urea groups is 1. The zero-order valence-electron chi connectivity index (χ0n) is 15.7. The predicted molar refractivity (Wildman–Crippen MR) is 104 cm³/mol. The molecule has 27 heavy (non-hydrogen) atoms. The minimum atomic E-state index is -0.336. The average Bonchev–Trinajstić information content (AvgIpc) is 2.62. The van der Waals surface area contributed by atoms with Crippen molar-refractivity contribution in [2.75, 3.05) is 0 Å². The zero-order chi connectivity index (χ0) is 19.4. The smallest absolute Gasteiger partial charge is 0.315 e. The molecule has 0 saturated heterocycles. The van der Waals surface area contributed by atoms with E-state index in [9.17, 15) is 9.59 Å². The molecule has 0 fully saturated rings. The van der Waals surface area contributed by atoms with Crippen molar-refractivity contribution in [3.63, 3.8) is 0 Å². The van der Waals surface area contributed by atoms with Crippen LogP contribution in [0.4, 0.5) is 4.79 Å². The summed E-state index contributed by atoms with van der Waals surface area (Å²) in [5, 5.41) is 11.4. The average molecular weight is 365 g/mol. The lowest BCUT2D eigenvalue weighted by Crippen LogP contribution is -2.46. The van der Waals surface area contributed by atoms with Gasteiger partial charge in [-0.3, -0.25) is 9.78 Å². The van der Waals surface area contributed by atoms with Gasteiger partial charge >= 0.3 is 6.03 Å². The zero-order valence-corrected chi connectivity index (χ0v) is 15.7. The van der Waals surface area contributed by atoms with E-state index in [0.29, 0.717) is 11.1 Å².